The van der Waals surface area contributed by atoms with E-state index in [4.69, 9.17) is 9.47 Å². The molecule has 0 amide bonds. The van der Waals surface area contributed by atoms with Gasteiger partial charge in [0.05, 0.1) is 26.9 Å². The van der Waals surface area contributed by atoms with Gasteiger partial charge in [-0.3, -0.25) is 4.79 Å². The molecule has 0 heterocycles. The second kappa shape index (κ2) is 6.10. The summed E-state index contributed by atoms with van der Waals surface area (Å²) in [6.07, 6.45) is 0.208. The van der Waals surface area contributed by atoms with Crippen LogP contribution in [0, 0.1) is 0 Å². The minimum Gasteiger partial charge on any atom is -0.493 e. The fourth-order valence-corrected chi connectivity index (χ4v) is 1.63. The molecule has 94 valence electrons. The molecule has 0 saturated carbocycles. The molecule has 5 heteroatoms. The van der Waals surface area contributed by atoms with Gasteiger partial charge < -0.3 is 19.9 Å². The van der Waals surface area contributed by atoms with Crippen molar-refractivity contribution in [1.29, 1.82) is 0 Å². The number of hydrogen-bond acceptors (Lipinski definition) is 4. The van der Waals surface area contributed by atoms with Crippen LogP contribution in [0.5, 0.6) is 11.5 Å². The van der Waals surface area contributed by atoms with E-state index in [1.165, 1.54) is 7.11 Å². The van der Waals surface area contributed by atoms with Crippen molar-refractivity contribution in [1.82, 2.24) is 0 Å². The van der Waals surface area contributed by atoms with Crippen LogP contribution in [0.3, 0.4) is 0 Å². The summed E-state index contributed by atoms with van der Waals surface area (Å²) in [6, 6.07) is 5.27. The van der Waals surface area contributed by atoms with Crippen molar-refractivity contribution >= 4 is 5.97 Å². The van der Waals surface area contributed by atoms with Gasteiger partial charge in [-0.15, -0.1) is 0 Å². The lowest BCUT2D eigenvalue weighted by atomic mass is 10.0. The van der Waals surface area contributed by atoms with Crippen molar-refractivity contribution in [2.24, 2.45) is 0 Å². The Bertz CT molecular complexity index is 392. The summed E-state index contributed by atoms with van der Waals surface area (Å²) in [5.74, 6) is 0.942. The molecule has 0 aliphatic heterocycles. The van der Waals surface area contributed by atoms with Gasteiger partial charge in [-0.2, -0.15) is 0 Å². The van der Waals surface area contributed by atoms with E-state index < -0.39 is 0 Å². The highest BCUT2D eigenvalue weighted by molar-refractivity contribution is 5.70. The van der Waals surface area contributed by atoms with E-state index in [1.54, 1.807) is 20.3 Å². The SMILES string of the molecule is COC(=O)C[C@H]([NH3+])c1cccc(OC)c1OC. The van der Waals surface area contributed by atoms with Crippen molar-refractivity contribution in [3.63, 3.8) is 0 Å². The first-order chi connectivity index (χ1) is 8.13. The van der Waals surface area contributed by atoms with Crippen molar-refractivity contribution in [3.8, 4) is 11.5 Å². The molecule has 0 spiro atoms. The summed E-state index contributed by atoms with van der Waals surface area (Å²) in [5, 5.41) is 0. The molecule has 1 aromatic rings. The molecule has 0 fully saturated rings. The topological polar surface area (TPSA) is 72.4 Å². The van der Waals surface area contributed by atoms with E-state index >= 15 is 0 Å². The summed E-state index contributed by atoms with van der Waals surface area (Å²) < 4.78 is 15.1. The second-order valence-corrected chi connectivity index (χ2v) is 3.56. The number of rotatable bonds is 5. The number of esters is 1. The molecule has 0 aromatic heterocycles. The molecular formula is C12H18NO4+. The number of carbonyl (C=O) groups excluding carboxylic acids is 1. The zero-order valence-corrected chi connectivity index (χ0v) is 10.4. The van der Waals surface area contributed by atoms with Crippen LogP contribution in [0.4, 0.5) is 0 Å². The van der Waals surface area contributed by atoms with Crippen LogP contribution in [0.1, 0.15) is 18.0 Å². The van der Waals surface area contributed by atoms with E-state index in [9.17, 15) is 4.79 Å². The van der Waals surface area contributed by atoms with Gasteiger partial charge in [-0.1, -0.05) is 6.07 Å². The molecule has 3 N–H and O–H groups in total. The molecule has 5 nitrogen and oxygen atoms in total. The van der Waals surface area contributed by atoms with Crippen molar-refractivity contribution in [2.45, 2.75) is 12.5 Å². The summed E-state index contributed by atoms with van der Waals surface area (Å²) in [4.78, 5) is 11.2. The monoisotopic (exact) mass is 240 g/mol. The molecular weight excluding hydrogens is 222 g/mol. The van der Waals surface area contributed by atoms with Crippen LogP contribution in [0.15, 0.2) is 18.2 Å². The minimum atomic E-state index is -0.296. The molecule has 1 aromatic carbocycles. The highest BCUT2D eigenvalue weighted by Crippen LogP contribution is 2.34. The standard InChI is InChI=1S/C12H17NO4/c1-15-10-6-4-5-8(12(10)17-3)9(13)7-11(14)16-2/h4-6,9H,7,13H2,1-3H3/p+1/t9-/m0/s1. The van der Waals surface area contributed by atoms with Gasteiger partial charge in [0.15, 0.2) is 11.5 Å². The Morgan fingerprint density at radius 1 is 1.29 bits per heavy atom. The Balaban J connectivity index is 3.00. The van der Waals surface area contributed by atoms with E-state index in [2.05, 4.69) is 10.5 Å². The third kappa shape index (κ3) is 3.10. The summed E-state index contributed by atoms with van der Waals surface area (Å²) in [5.41, 5.74) is 4.77. The fraction of sp³-hybridized carbons (Fsp3) is 0.417. The maximum Gasteiger partial charge on any atom is 0.311 e. The number of ether oxygens (including phenoxy) is 3. The van der Waals surface area contributed by atoms with Crippen LogP contribution in [-0.4, -0.2) is 27.3 Å². The molecule has 0 aliphatic carbocycles. The van der Waals surface area contributed by atoms with Gasteiger partial charge in [0.1, 0.15) is 12.5 Å². The average Bonchev–Trinajstić information content (AvgIpc) is 2.37. The Kier molecular flexibility index (Phi) is 4.78. The molecule has 17 heavy (non-hydrogen) atoms. The Morgan fingerprint density at radius 2 is 2.00 bits per heavy atom. The fourth-order valence-electron chi connectivity index (χ4n) is 1.63. The molecule has 0 saturated heterocycles. The van der Waals surface area contributed by atoms with E-state index in [-0.39, 0.29) is 18.4 Å². The number of hydrogen-bond donors (Lipinski definition) is 1. The lowest BCUT2D eigenvalue weighted by Crippen LogP contribution is -2.54. The first-order valence-electron chi connectivity index (χ1n) is 5.24. The number of methoxy groups -OCH3 is 3. The molecule has 0 aliphatic rings. The minimum absolute atomic E-state index is 0.208. The van der Waals surface area contributed by atoms with E-state index in [0.29, 0.717) is 11.5 Å². The first kappa shape index (κ1) is 13.3. The highest BCUT2D eigenvalue weighted by Gasteiger charge is 2.21. The van der Waals surface area contributed by atoms with Gasteiger partial charge in [-0.25, -0.2) is 0 Å². The van der Waals surface area contributed by atoms with Crippen molar-refractivity contribution in [2.75, 3.05) is 21.3 Å². The normalized spacial score (nSPS) is 11.8. The molecule has 0 unspecified atom stereocenters. The Morgan fingerprint density at radius 3 is 2.53 bits per heavy atom. The number of para-hydroxylation sites is 1. The lowest BCUT2D eigenvalue weighted by molar-refractivity contribution is -0.426. The summed E-state index contributed by atoms with van der Waals surface area (Å²) >= 11 is 0. The number of benzene rings is 1. The van der Waals surface area contributed by atoms with Crippen LogP contribution in [0.25, 0.3) is 0 Å². The average molecular weight is 240 g/mol. The van der Waals surface area contributed by atoms with Crippen LogP contribution in [-0.2, 0) is 9.53 Å². The summed E-state index contributed by atoms with van der Waals surface area (Å²) in [6.45, 7) is 0. The maximum atomic E-state index is 11.2. The first-order valence-corrected chi connectivity index (χ1v) is 5.24. The third-order valence-electron chi connectivity index (χ3n) is 2.51. The second-order valence-electron chi connectivity index (χ2n) is 3.56. The van der Waals surface area contributed by atoms with E-state index in [0.717, 1.165) is 5.56 Å². The number of carbonyl (C=O) groups is 1. The third-order valence-corrected chi connectivity index (χ3v) is 2.51. The Hall–Kier alpha value is -1.75. The Labute approximate surface area is 100 Å². The van der Waals surface area contributed by atoms with Gasteiger partial charge in [0, 0.05) is 0 Å². The highest BCUT2D eigenvalue weighted by atomic mass is 16.5. The van der Waals surface area contributed by atoms with Crippen LogP contribution >= 0.6 is 0 Å². The number of quaternary nitrogens is 1. The van der Waals surface area contributed by atoms with Crippen LogP contribution < -0.4 is 15.2 Å². The predicted octanol–water partition coefficient (Wildman–Crippen LogP) is 0.550. The van der Waals surface area contributed by atoms with Gasteiger partial charge in [0.25, 0.3) is 0 Å². The largest absolute Gasteiger partial charge is 0.493 e. The zero-order valence-electron chi connectivity index (χ0n) is 10.4. The molecule has 1 rings (SSSR count). The quantitative estimate of drug-likeness (QED) is 0.763. The van der Waals surface area contributed by atoms with Crippen LogP contribution in [0.2, 0.25) is 0 Å². The molecule has 0 bridgehead atoms. The lowest BCUT2D eigenvalue weighted by Gasteiger charge is -2.14. The molecule has 1 atom stereocenters. The van der Waals surface area contributed by atoms with Crippen molar-refractivity contribution < 1.29 is 24.7 Å². The van der Waals surface area contributed by atoms with Gasteiger partial charge >= 0.3 is 5.97 Å². The zero-order chi connectivity index (χ0) is 12.8. The predicted molar refractivity (Wildman–Crippen MR) is 61.8 cm³/mol. The van der Waals surface area contributed by atoms with Gasteiger partial charge in [-0.05, 0) is 12.1 Å². The maximum absolute atomic E-state index is 11.2. The smallest absolute Gasteiger partial charge is 0.311 e. The van der Waals surface area contributed by atoms with E-state index in [1.807, 2.05) is 12.1 Å². The van der Waals surface area contributed by atoms with Gasteiger partial charge in [0.2, 0.25) is 0 Å². The molecule has 0 radical (unpaired) electrons. The van der Waals surface area contributed by atoms with Crippen molar-refractivity contribution in [3.05, 3.63) is 23.8 Å². The summed E-state index contributed by atoms with van der Waals surface area (Å²) in [7, 11) is 4.49.